The highest BCUT2D eigenvalue weighted by atomic mass is 16.5. The summed E-state index contributed by atoms with van der Waals surface area (Å²) in [4.78, 5) is 20.9. The first kappa shape index (κ1) is 15.7. The van der Waals surface area contributed by atoms with Gasteiger partial charge in [-0.3, -0.25) is 19.4 Å². The van der Waals surface area contributed by atoms with E-state index in [1.807, 2.05) is 10.9 Å². The number of carbonyl (C=O) groups is 1. The van der Waals surface area contributed by atoms with Crippen LogP contribution in [0.4, 0.5) is 5.69 Å². The Hall–Kier alpha value is -2.80. The highest BCUT2D eigenvalue weighted by molar-refractivity contribution is 6.05. The maximum Gasteiger partial charge on any atom is 0.255 e. The minimum atomic E-state index is -0.194. The summed E-state index contributed by atoms with van der Waals surface area (Å²) in [5.74, 6) is -0.194. The summed E-state index contributed by atoms with van der Waals surface area (Å²) in [5.41, 5.74) is 2.66. The second-order valence-electron chi connectivity index (χ2n) is 6.15. The van der Waals surface area contributed by atoms with Crippen LogP contribution in [0.5, 0.6) is 0 Å². The van der Waals surface area contributed by atoms with Crippen LogP contribution in [0, 0.1) is 0 Å². The Morgan fingerprint density at radius 1 is 1.24 bits per heavy atom. The van der Waals surface area contributed by atoms with Crippen molar-refractivity contribution >= 4 is 22.6 Å². The van der Waals surface area contributed by atoms with Crippen molar-refractivity contribution in [2.75, 3.05) is 11.9 Å². The summed E-state index contributed by atoms with van der Waals surface area (Å²) in [6.07, 6.45) is 10.3. The standard InChI is InChI=1S/C18H19N5O2/c24-18(13-4-5-16-17(9-13)20-7-6-19-16)22-14-10-21-23(11-14)12-15-3-1-2-8-25-15/h4-7,9-11,15H,1-3,8,12H2,(H,22,24)/t15-/m0/s1. The molecular formula is C18H19N5O2. The third-order valence-corrected chi connectivity index (χ3v) is 4.29. The van der Waals surface area contributed by atoms with Crippen LogP contribution in [-0.4, -0.2) is 38.4 Å². The minimum Gasteiger partial charge on any atom is -0.376 e. The molecule has 1 amide bonds. The summed E-state index contributed by atoms with van der Waals surface area (Å²) in [7, 11) is 0. The molecule has 0 unspecified atom stereocenters. The van der Waals surface area contributed by atoms with E-state index in [-0.39, 0.29) is 12.0 Å². The van der Waals surface area contributed by atoms with Crippen molar-refractivity contribution in [3.8, 4) is 0 Å². The Bertz CT molecular complexity index is 886. The van der Waals surface area contributed by atoms with Gasteiger partial charge >= 0.3 is 0 Å². The Kier molecular flexibility index (Phi) is 4.39. The molecule has 3 aromatic rings. The lowest BCUT2D eigenvalue weighted by Gasteiger charge is -2.22. The van der Waals surface area contributed by atoms with Gasteiger partial charge in [0.2, 0.25) is 0 Å². The summed E-state index contributed by atoms with van der Waals surface area (Å²) < 4.78 is 7.54. The number of aromatic nitrogens is 4. The fourth-order valence-corrected chi connectivity index (χ4v) is 3.00. The Labute approximate surface area is 145 Å². The van der Waals surface area contributed by atoms with Gasteiger partial charge < -0.3 is 10.1 Å². The van der Waals surface area contributed by atoms with Gasteiger partial charge in [-0.2, -0.15) is 5.10 Å². The quantitative estimate of drug-likeness (QED) is 0.791. The number of nitrogens with one attached hydrogen (secondary N) is 1. The van der Waals surface area contributed by atoms with Gasteiger partial charge in [0.25, 0.3) is 5.91 Å². The molecule has 2 aromatic heterocycles. The zero-order valence-electron chi connectivity index (χ0n) is 13.8. The average Bonchev–Trinajstić information content (AvgIpc) is 3.09. The Morgan fingerprint density at radius 3 is 2.96 bits per heavy atom. The van der Waals surface area contributed by atoms with Crippen molar-refractivity contribution < 1.29 is 9.53 Å². The Balaban J connectivity index is 1.43. The van der Waals surface area contributed by atoms with Gasteiger partial charge in [0, 0.05) is 30.8 Å². The summed E-state index contributed by atoms with van der Waals surface area (Å²) in [6, 6.07) is 5.27. The zero-order valence-corrected chi connectivity index (χ0v) is 13.8. The number of anilines is 1. The molecule has 0 radical (unpaired) electrons. The Morgan fingerprint density at radius 2 is 2.12 bits per heavy atom. The third-order valence-electron chi connectivity index (χ3n) is 4.29. The van der Waals surface area contributed by atoms with Crippen molar-refractivity contribution in [2.24, 2.45) is 0 Å². The maximum absolute atomic E-state index is 12.4. The fourth-order valence-electron chi connectivity index (χ4n) is 3.00. The van der Waals surface area contributed by atoms with E-state index >= 15 is 0 Å². The summed E-state index contributed by atoms with van der Waals surface area (Å²) >= 11 is 0. The number of benzene rings is 1. The van der Waals surface area contributed by atoms with Crippen LogP contribution in [0.2, 0.25) is 0 Å². The molecular weight excluding hydrogens is 318 g/mol. The molecule has 1 fully saturated rings. The van der Waals surface area contributed by atoms with Crippen LogP contribution in [0.1, 0.15) is 29.6 Å². The predicted octanol–water partition coefficient (Wildman–Crippen LogP) is 2.65. The number of nitrogens with zero attached hydrogens (tertiary/aromatic N) is 4. The summed E-state index contributed by atoms with van der Waals surface area (Å²) in [5, 5.41) is 7.18. The van der Waals surface area contributed by atoms with Gasteiger partial charge in [-0.05, 0) is 37.5 Å². The van der Waals surface area contributed by atoms with Crippen molar-refractivity contribution in [3.05, 3.63) is 48.5 Å². The molecule has 1 aliphatic heterocycles. The first-order valence-corrected chi connectivity index (χ1v) is 8.44. The number of ether oxygens (including phenoxy) is 1. The lowest BCUT2D eigenvalue weighted by molar-refractivity contribution is 0.00401. The van der Waals surface area contributed by atoms with Crippen LogP contribution in [0.25, 0.3) is 11.0 Å². The first-order valence-electron chi connectivity index (χ1n) is 8.44. The largest absolute Gasteiger partial charge is 0.376 e. The van der Waals surface area contributed by atoms with Crippen LogP contribution in [-0.2, 0) is 11.3 Å². The molecule has 4 rings (SSSR count). The van der Waals surface area contributed by atoms with Gasteiger partial charge in [0.15, 0.2) is 0 Å². The van der Waals surface area contributed by atoms with E-state index in [2.05, 4.69) is 20.4 Å². The fraction of sp³-hybridized carbons (Fsp3) is 0.333. The van der Waals surface area contributed by atoms with Gasteiger partial charge in [-0.15, -0.1) is 0 Å². The van der Waals surface area contributed by atoms with Crippen LogP contribution in [0.3, 0.4) is 0 Å². The molecule has 7 nitrogen and oxygen atoms in total. The van der Waals surface area contributed by atoms with Gasteiger partial charge in [0.1, 0.15) is 0 Å². The second-order valence-corrected chi connectivity index (χ2v) is 6.15. The molecule has 1 saturated heterocycles. The average molecular weight is 337 g/mol. The highest BCUT2D eigenvalue weighted by Gasteiger charge is 2.15. The van der Waals surface area contributed by atoms with E-state index in [9.17, 15) is 4.79 Å². The summed E-state index contributed by atoms with van der Waals surface area (Å²) in [6.45, 7) is 1.53. The molecule has 1 aromatic carbocycles. The lowest BCUT2D eigenvalue weighted by Crippen LogP contribution is -2.24. The molecule has 1 atom stereocenters. The topological polar surface area (TPSA) is 81.9 Å². The molecule has 7 heteroatoms. The lowest BCUT2D eigenvalue weighted by atomic mass is 10.1. The van der Waals surface area contributed by atoms with E-state index in [0.717, 1.165) is 25.0 Å². The third kappa shape index (κ3) is 3.66. The van der Waals surface area contributed by atoms with Crippen LogP contribution < -0.4 is 5.32 Å². The van der Waals surface area contributed by atoms with Crippen LogP contribution >= 0.6 is 0 Å². The SMILES string of the molecule is O=C(Nc1cnn(C[C@@H]2CCCCO2)c1)c1ccc2nccnc2c1. The van der Waals surface area contributed by atoms with Gasteiger partial charge in [0.05, 0.1) is 35.6 Å². The molecule has 128 valence electrons. The van der Waals surface area contributed by atoms with E-state index in [4.69, 9.17) is 4.74 Å². The molecule has 0 aliphatic carbocycles. The predicted molar refractivity (Wildman–Crippen MR) is 93.3 cm³/mol. The smallest absolute Gasteiger partial charge is 0.255 e. The number of fused-ring (bicyclic) bond motifs is 1. The van der Waals surface area contributed by atoms with Crippen molar-refractivity contribution in [1.29, 1.82) is 0 Å². The van der Waals surface area contributed by atoms with Crippen molar-refractivity contribution in [2.45, 2.75) is 31.9 Å². The minimum absolute atomic E-state index is 0.194. The monoisotopic (exact) mass is 337 g/mol. The van der Waals surface area contributed by atoms with Gasteiger partial charge in [-0.1, -0.05) is 0 Å². The maximum atomic E-state index is 12.4. The van der Waals surface area contributed by atoms with Crippen molar-refractivity contribution in [1.82, 2.24) is 19.7 Å². The zero-order chi connectivity index (χ0) is 17.1. The van der Waals surface area contributed by atoms with Crippen molar-refractivity contribution in [3.63, 3.8) is 0 Å². The molecule has 0 spiro atoms. The molecule has 0 saturated carbocycles. The van der Waals surface area contributed by atoms with E-state index in [0.29, 0.717) is 23.3 Å². The van der Waals surface area contributed by atoms with E-state index < -0.39 is 0 Å². The molecule has 0 bridgehead atoms. The van der Waals surface area contributed by atoms with E-state index in [1.165, 1.54) is 6.42 Å². The molecule has 1 N–H and O–H groups in total. The number of rotatable bonds is 4. The number of hydrogen-bond donors (Lipinski definition) is 1. The number of hydrogen-bond acceptors (Lipinski definition) is 5. The molecule has 1 aliphatic rings. The molecule has 3 heterocycles. The first-order chi connectivity index (χ1) is 12.3. The molecule has 25 heavy (non-hydrogen) atoms. The van der Waals surface area contributed by atoms with Gasteiger partial charge in [-0.25, -0.2) is 0 Å². The van der Waals surface area contributed by atoms with Crippen LogP contribution in [0.15, 0.2) is 43.0 Å². The highest BCUT2D eigenvalue weighted by Crippen LogP contribution is 2.16. The normalized spacial score (nSPS) is 17.5. The number of carbonyl (C=O) groups excluding carboxylic acids is 1. The van der Waals surface area contributed by atoms with E-state index in [1.54, 1.807) is 36.8 Å². The number of amides is 1. The second kappa shape index (κ2) is 6.98.